The van der Waals surface area contributed by atoms with Crippen LogP contribution < -0.4 is 10.4 Å². The molecule has 32 heavy (non-hydrogen) atoms. The lowest BCUT2D eigenvalue weighted by Gasteiger charge is -2.14. The molecule has 3 aromatic heterocycles. The Morgan fingerprint density at radius 3 is 2.88 bits per heavy atom. The van der Waals surface area contributed by atoms with E-state index in [0.29, 0.717) is 46.8 Å². The maximum Gasteiger partial charge on any atom is 0.329 e. The van der Waals surface area contributed by atoms with Crippen molar-refractivity contribution in [3.8, 4) is 5.88 Å². The van der Waals surface area contributed by atoms with E-state index in [4.69, 9.17) is 26.1 Å². The SMILES string of the molecule is O=c1n(Cc2nc(OCC3CCOC3)c3c(Cl)cccc3n2)c2cnccc2n1C1CC1. The molecule has 1 atom stereocenters. The lowest BCUT2D eigenvalue weighted by molar-refractivity contribution is 0.166. The van der Waals surface area contributed by atoms with Crippen molar-refractivity contribution in [2.75, 3.05) is 19.8 Å². The van der Waals surface area contributed by atoms with Gasteiger partial charge >= 0.3 is 5.69 Å². The number of benzene rings is 1. The van der Waals surface area contributed by atoms with Crippen LogP contribution in [0.4, 0.5) is 0 Å². The zero-order chi connectivity index (χ0) is 21.7. The van der Waals surface area contributed by atoms with E-state index in [-0.39, 0.29) is 18.3 Å². The monoisotopic (exact) mass is 451 g/mol. The molecule has 0 radical (unpaired) electrons. The number of hydrogen-bond donors (Lipinski definition) is 0. The van der Waals surface area contributed by atoms with E-state index in [2.05, 4.69) is 9.97 Å². The van der Waals surface area contributed by atoms with Crippen molar-refractivity contribution in [1.29, 1.82) is 0 Å². The smallest absolute Gasteiger partial charge is 0.329 e. The average Bonchev–Trinajstić information content (AvgIpc) is 3.41. The predicted octanol–water partition coefficient (Wildman–Crippen LogP) is 3.59. The summed E-state index contributed by atoms with van der Waals surface area (Å²) in [7, 11) is 0. The number of hydrogen-bond acceptors (Lipinski definition) is 6. The second-order valence-electron chi connectivity index (χ2n) is 8.45. The Morgan fingerprint density at radius 1 is 1.16 bits per heavy atom. The normalized spacial score (nSPS) is 18.6. The van der Waals surface area contributed by atoms with Crippen LogP contribution in [0.2, 0.25) is 5.02 Å². The molecule has 1 saturated carbocycles. The first-order chi connectivity index (χ1) is 15.7. The molecule has 0 amide bonds. The van der Waals surface area contributed by atoms with Crippen molar-refractivity contribution in [3.05, 3.63) is 58.0 Å². The second kappa shape index (κ2) is 7.86. The molecule has 1 unspecified atom stereocenters. The second-order valence-corrected chi connectivity index (χ2v) is 8.86. The molecule has 8 nitrogen and oxygen atoms in total. The van der Waals surface area contributed by atoms with Gasteiger partial charge in [0.25, 0.3) is 0 Å². The summed E-state index contributed by atoms with van der Waals surface area (Å²) in [5, 5.41) is 1.23. The van der Waals surface area contributed by atoms with Crippen molar-refractivity contribution in [3.63, 3.8) is 0 Å². The molecule has 164 valence electrons. The van der Waals surface area contributed by atoms with Crippen LogP contribution in [-0.4, -0.2) is 43.9 Å². The Hall–Kier alpha value is -2.97. The molecule has 4 heterocycles. The quantitative estimate of drug-likeness (QED) is 0.445. The van der Waals surface area contributed by atoms with Crippen LogP contribution in [0.5, 0.6) is 5.88 Å². The number of halogens is 1. The van der Waals surface area contributed by atoms with Gasteiger partial charge in [-0.3, -0.25) is 14.1 Å². The number of nitrogens with zero attached hydrogens (tertiary/aromatic N) is 5. The van der Waals surface area contributed by atoms with Gasteiger partial charge in [-0.15, -0.1) is 0 Å². The molecule has 4 aromatic rings. The zero-order valence-electron chi connectivity index (χ0n) is 17.4. The number of ether oxygens (including phenoxy) is 2. The number of fused-ring (bicyclic) bond motifs is 2. The summed E-state index contributed by atoms with van der Waals surface area (Å²) in [6.45, 7) is 2.17. The lowest BCUT2D eigenvalue weighted by Crippen LogP contribution is -2.25. The molecule has 0 spiro atoms. The minimum absolute atomic E-state index is 0.0594. The summed E-state index contributed by atoms with van der Waals surface area (Å²) in [5.74, 6) is 1.27. The van der Waals surface area contributed by atoms with Gasteiger partial charge in [0.15, 0.2) is 5.82 Å². The maximum atomic E-state index is 13.3. The molecule has 2 fully saturated rings. The summed E-state index contributed by atoms with van der Waals surface area (Å²) in [6.07, 6.45) is 6.46. The minimum Gasteiger partial charge on any atom is -0.477 e. The van der Waals surface area contributed by atoms with Crippen LogP contribution in [-0.2, 0) is 11.3 Å². The first kappa shape index (κ1) is 19.7. The van der Waals surface area contributed by atoms with Gasteiger partial charge in [-0.2, -0.15) is 4.98 Å². The fourth-order valence-electron chi connectivity index (χ4n) is 4.35. The van der Waals surface area contributed by atoms with Gasteiger partial charge in [-0.05, 0) is 37.5 Å². The van der Waals surface area contributed by atoms with E-state index in [9.17, 15) is 4.79 Å². The van der Waals surface area contributed by atoms with Gasteiger partial charge in [-0.1, -0.05) is 17.7 Å². The third-order valence-electron chi connectivity index (χ3n) is 6.14. The van der Waals surface area contributed by atoms with Gasteiger partial charge in [0, 0.05) is 24.8 Å². The fourth-order valence-corrected chi connectivity index (χ4v) is 4.60. The van der Waals surface area contributed by atoms with Crippen LogP contribution in [0.25, 0.3) is 21.9 Å². The van der Waals surface area contributed by atoms with Crippen molar-refractivity contribution >= 4 is 33.5 Å². The summed E-state index contributed by atoms with van der Waals surface area (Å²) in [4.78, 5) is 26.9. The van der Waals surface area contributed by atoms with E-state index in [1.807, 2.05) is 22.8 Å². The van der Waals surface area contributed by atoms with Gasteiger partial charge in [-0.25, -0.2) is 9.78 Å². The van der Waals surface area contributed by atoms with Crippen molar-refractivity contribution in [2.24, 2.45) is 5.92 Å². The minimum atomic E-state index is -0.0594. The van der Waals surface area contributed by atoms with Gasteiger partial charge in [0.05, 0.1) is 52.9 Å². The van der Waals surface area contributed by atoms with Gasteiger partial charge < -0.3 is 9.47 Å². The van der Waals surface area contributed by atoms with Crippen molar-refractivity contribution < 1.29 is 9.47 Å². The molecule has 1 aliphatic carbocycles. The van der Waals surface area contributed by atoms with Crippen LogP contribution >= 0.6 is 11.6 Å². The first-order valence-corrected chi connectivity index (χ1v) is 11.3. The molecule has 1 saturated heterocycles. The van der Waals surface area contributed by atoms with Crippen LogP contribution in [0, 0.1) is 5.92 Å². The summed E-state index contributed by atoms with van der Waals surface area (Å²) in [6, 6.07) is 7.70. The predicted molar refractivity (Wildman–Crippen MR) is 120 cm³/mol. The number of rotatable bonds is 6. The molecule has 0 N–H and O–H groups in total. The summed E-state index contributed by atoms with van der Waals surface area (Å²) < 4.78 is 15.1. The number of pyridine rings is 1. The Labute approximate surface area is 188 Å². The van der Waals surface area contributed by atoms with E-state index < -0.39 is 0 Å². The molecule has 0 bridgehead atoms. The summed E-state index contributed by atoms with van der Waals surface area (Å²) in [5.41, 5.74) is 2.31. The topological polar surface area (TPSA) is 84.1 Å². The Kier molecular flexibility index (Phi) is 4.84. The van der Waals surface area contributed by atoms with E-state index >= 15 is 0 Å². The highest BCUT2D eigenvalue weighted by molar-refractivity contribution is 6.35. The Balaban J connectivity index is 1.42. The number of aromatic nitrogens is 5. The molecule has 2 aliphatic rings. The van der Waals surface area contributed by atoms with E-state index in [1.165, 1.54) is 0 Å². The Morgan fingerprint density at radius 2 is 2.06 bits per heavy atom. The Bertz CT molecular complexity index is 1370. The molecule has 1 aliphatic heterocycles. The highest BCUT2D eigenvalue weighted by atomic mass is 35.5. The molecule has 1 aromatic carbocycles. The zero-order valence-corrected chi connectivity index (χ0v) is 18.2. The van der Waals surface area contributed by atoms with E-state index in [0.717, 1.165) is 36.9 Å². The molecule has 9 heteroatoms. The molecular formula is C23H22ClN5O3. The van der Waals surface area contributed by atoms with Gasteiger partial charge in [0.2, 0.25) is 5.88 Å². The van der Waals surface area contributed by atoms with Crippen molar-refractivity contribution in [2.45, 2.75) is 31.8 Å². The standard InChI is InChI=1S/C23H22ClN5O3/c24-16-2-1-3-17-21(16)22(32-13-14-7-9-31-12-14)27-20(26-17)11-28-19-10-25-8-6-18(19)29(23(28)30)15-4-5-15/h1-3,6,8,10,14-15H,4-5,7,9,11-13H2. The lowest BCUT2D eigenvalue weighted by atomic mass is 10.1. The largest absolute Gasteiger partial charge is 0.477 e. The maximum absolute atomic E-state index is 13.3. The van der Waals surface area contributed by atoms with Crippen molar-refractivity contribution in [1.82, 2.24) is 24.1 Å². The average molecular weight is 452 g/mol. The third-order valence-corrected chi connectivity index (χ3v) is 6.46. The van der Waals surface area contributed by atoms with Crippen LogP contribution in [0.1, 0.15) is 31.1 Å². The third kappa shape index (κ3) is 3.43. The van der Waals surface area contributed by atoms with Gasteiger partial charge in [0.1, 0.15) is 0 Å². The fraction of sp³-hybridized carbons (Fsp3) is 0.391. The first-order valence-electron chi connectivity index (χ1n) is 10.9. The number of imidazole rings is 1. The highest BCUT2D eigenvalue weighted by Crippen LogP contribution is 2.36. The molecule has 6 rings (SSSR count). The van der Waals surface area contributed by atoms with Crippen LogP contribution in [0.3, 0.4) is 0 Å². The van der Waals surface area contributed by atoms with Crippen LogP contribution in [0.15, 0.2) is 41.5 Å². The van der Waals surface area contributed by atoms with E-state index in [1.54, 1.807) is 23.0 Å². The summed E-state index contributed by atoms with van der Waals surface area (Å²) >= 11 is 6.47. The molecular weight excluding hydrogens is 430 g/mol. The highest BCUT2D eigenvalue weighted by Gasteiger charge is 2.29.